The zero-order chi connectivity index (χ0) is 12.8. The van der Waals surface area contributed by atoms with Crippen molar-refractivity contribution in [3.8, 4) is 0 Å². The maximum atomic E-state index is 10.1. The molecule has 16 heavy (non-hydrogen) atoms. The number of aliphatic hydroxyl groups is 1. The number of aliphatic carboxylic acids is 2. The molecule has 0 radical (unpaired) electrons. The van der Waals surface area contributed by atoms with Gasteiger partial charge in [0.25, 0.3) is 0 Å². The van der Waals surface area contributed by atoms with E-state index < -0.39 is 11.9 Å². The molecule has 0 saturated heterocycles. The Bertz CT molecular complexity index is 159. The summed E-state index contributed by atoms with van der Waals surface area (Å²) < 4.78 is 0. The van der Waals surface area contributed by atoms with Crippen molar-refractivity contribution in [2.45, 2.75) is 51.4 Å². The van der Waals surface area contributed by atoms with E-state index in [1.807, 2.05) is 0 Å². The van der Waals surface area contributed by atoms with E-state index in [4.69, 9.17) is 15.3 Å². The van der Waals surface area contributed by atoms with Crippen LogP contribution in [0.3, 0.4) is 0 Å². The van der Waals surface area contributed by atoms with Gasteiger partial charge in [0.1, 0.15) is 0 Å². The molecule has 0 aliphatic rings. The van der Waals surface area contributed by atoms with Gasteiger partial charge in [0.2, 0.25) is 0 Å². The van der Waals surface area contributed by atoms with Crippen LogP contribution in [0.5, 0.6) is 0 Å². The number of hydrogen-bond donors (Lipinski definition) is 3. The van der Waals surface area contributed by atoms with Crippen LogP contribution in [0.4, 0.5) is 0 Å². The van der Waals surface area contributed by atoms with Crippen molar-refractivity contribution < 1.29 is 24.9 Å². The molecule has 96 valence electrons. The molecule has 0 aromatic heterocycles. The van der Waals surface area contributed by atoms with Gasteiger partial charge in [-0.3, -0.25) is 9.59 Å². The zero-order valence-corrected chi connectivity index (χ0v) is 9.81. The molecule has 0 rings (SSSR count). The van der Waals surface area contributed by atoms with E-state index in [1.165, 1.54) is 0 Å². The maximum Gasteiger partial charge on any atom is 0.303 e. The zero-order valence-electron chi connectivity index (χ0n) is 9.81. The van der Waals surface area contributed by atoms with Crippen molar-refractivity contribution in [2.24, 2.45) is 0 Å². The minimum atomic E-state index is -0.740. The van der Waals surface area contributed by atoms with Crippen LogP contribution in [0.25, 0.3) is 0 Å². The third kappa shape index (κ3) is 18.6. The summed E-state index contributed by atoms with van der Waals surface area (Å²) >= 11 is 0. The monoisotopic (exact) mass is 234 g/mol. The molecule has 0 unspecified atom stereocenters. The fourth-order valence-electron chi connectivity index (χ4n) is 1.26. The Morgan fingerprint density at radius 1 is 0.688 bits per heavy atom. The summed E-state index contributed by atoms with van der Waals surface area (Å²) in [6.07, 6.45) is 5.82. The van der Waals surface area contributed by atoms with Crippen LogP contribution >= 0.6 is 0 Å². The summed E-state index contributed by atoms with van der Waals surface area (Å²) in [4.78, 5) is 20.3. The number of carboxylic acids is 2. The Morgan fingerprint density at radius 3 is 1.19 bits per heavy atom. The first kappa shape index (κ1) is 17.3. The molecule has 0 aromatic carbocycles. The van der Waals surface area contributed by atoms with Crippen LogP contribution in [0.15, 0.2) is 0 Å². The summed E-state index contributed by atoms with van der Waals surface area (Å²) in [6.45, 7) is 0. The predicted molar refractivity (Wildman–Crippen MR) is 60.4 cm³/mol. The molecular weight excluding hydrogens is 212 g/mol. The molecule has 0 aromatic rings. The SMILES string of the molecule is CO.O=C(O)CCCCCCCCC(=O)O. The van der Waals surface area contributed by atoms with Crippen molar-refractivity contribution >= 4 is 11.9 Å². The van der Waals surface area contributed by atoms with Gasteiger partial charge in [-0.2, -0.15) is 0 Å². The smallest absolute Gasteiger partial charge is 0.303 e. The molecule has 5 heteroatoms. The molecule has 0 bridgehead atoms. The third-order valence-electron chi connectivity index (χ3n) is 2.03. The lowest BCUT2D eigenvalue weighted by Gasteiger charge is -1.98. The summed E-state index contributed by atoms with van der Waals surface area (Å²) in [7, 11) is 1.00. The van der Waals surface area contributed by atoms with Gasteiger partial charge in [-0.15, -0.1) is 0 Å². The lowest BCUT2D eigenvalue weighted by Crippen LogP contribution is -1.94. The summed E-state index contributed by atoms with van der Waals surface area (Å²) in [5.74, 6) is -1.48. The Hall–Kier alpha value is -1.10. The topological polar surface area (TPSA) is 94.8 Å². The second-order valence-electron chi connectivity index (χ2n) is 3.41. The van der Waals surface area contributed by atoms with E-state index >= 15 is 0 Å². The molecule has 0 atom stereocenters. The maximum absolute atomic E-state index is 10.1. The largest absolute Gasteiger partial charge is 0.481 e. The highest BCUT2D eigenvalue weighted by atomic mass is 16.4. The molecule has 0 amide bonds. The number of aliphatic hydroxyl groups excluding tert-OH is 1. The summed E-state index contributed by atoms with van der Waals surface area (Å²) in [5, 5.41) is 23.7. The number of carboxylic acid groups (broad SMARTS) is 2. The summed E-state index contributed by atoms with van der Waals surface area (Å²) in [5.41, 5.74) is 0. The molecule has 0 fully saturated rings. The predicted octanol–water partition coefficient (Wildman–Crippen LogP) is 1.88. The van der Waals surface area contributed by atoms with E-state index in [-0.39, 0.29) is 12.8 Å². The second kappa shape index (κ2) is 13.9. The highest BCUT2D eigenvalue weighted by Gasteiger charge is 1.98. The minimum Gasteiger partial charge on any atom is -0.481 e. The van der Waals surface area contributed by atoms with Gasteiger partial charge in [0.05, 0.1) is 0 Å². The first-order chi connectivity index (χ1) is 7.63. The average molecular weight is 234 g/mol. The quantitative estimate of drug-likeness (QED) is 0.529. The van der Waals surface area contributed by atoms with Crippen LogP contribution < -0.4 is 0 Å². The van der Waals surface area contributed by atoms with E-state index in [9.17, 15) is 9.59 Å². The first-order valence-corrected chi connectivity index (χ1v) is 5.51. The van der Waals surface area contributed by atoms with Crippen LogP contribution in [0, 0.1) is 0 Å². The number of hydrogen-bond acceptors (Lipinski definition) is 3. The number of rotatable bonds is 9. The lowest BCUT2D eigenvalue weighted by atomic mass is 10.1. The van der Waals surface area contributed by atoms with Gasteiger partial charge >= 0.3 is 11.9 Å². The van der Waals surface area contributed by atoms with Gasteiger partial charge in [-0.1, -0.05) is 25.7 Å². The molecule has 0 heterocycles. The van der Waals surface area contributed by atoms with Crippen molar-refractivity contribution in [1.29, 1.82) is 0 Å². The normalized spacial score (nSPS) is 9.12. The molecule has 0 spiro atoms. The van der Waals surface area contributed by atoms with Gasteiger partial charge in [-0.05, 0) is 12.8 Å². The van der Waals surface area contributed by atoms with Crippen LogP contribution in [-0.4, -0.2) is 34.4 Å². The Labute approximate surface area is 96.1 Å². The highest BCUT2D eigenvalue weighted by molar-refractivity contribution is 5.66. The first-order valence-electron chi connectivity index (χ1n) is 5.51. The average Bonchev–Trinajstić information content (AvgIpc) is 2.24. The highest BCUT2D eigenvalue weighted by Crippen LogP contribution is 2.08. The van der Waals surface area contributed by atoms with E-state index in [0.717, 1.165) is 45.6 Å². The Kier molecular flexibility index (Phi) is 15.0. The lowest BCUT2D eigenvalue weighted by molar-refractivity contribution is -0.138. The molecule has 0 aliphatic heterocycles. The Morgan fingerprint density at radius 2 is 0.938 bits per heavy atom. The van der Waals surface area contributed by atoms with Crippen molar-refractivity contribution in [2.75, 3.05) is 7.11 Å². The van der Waals surface area contributed by atoms with Crippen LogP contribution in [0.1, 0.15) is 51.4 Å². The van der Waals surface area contributed by atoms with Crippen molar-refractivity contribution in [3.63, 3.8) is 0 Å². The number of carbonyl (C=O) groups is 2. The molecule has 5 nitrogen and oxygen atoms in total. The standard InChI is InChI=1S/C10H18O4.CH4O/c11-9(12)7-5-3-1-2-4-6-8-10(13)14;1-2/h1-8H2,(H,11,12)(H,13,14);2H,1H3. The van der Waals surface area contributed by atoms with Crippen LogP contribution in [0.2, 0.25) is 0 Å². The van der Waals surface area contributed by atoms with Crippen molar-refractivity contribution in [1.82, 2.24) is 0 Å². The molecule has 0 saturated carbocycles. The number of unbranched alkanes of at least 4 members (excludes halogenated alkanes) is 5. The van der Waals surface area contributed by atoms with E-state index in [2.05, 4.69) is 0 Å². The fourth-order valence-corrected chi connectivity index (χ4v) is 1.26. The summed E-state index contributed by atoms with van der Waals surface area (Å²) in [6, 6.07) is 0. The van der Waals surface area contributed by atoms with Crippen molar-refractivity contribution in [3.05, 3.63) is 0 Å². The molecule has 0 aliphatic carbocycles. The van der Waals surface area contributed by atoms with Gasteiger partial charge in [-0.25, -0.2) is 0 Å². The molecular formula is C11H22O5. The van der Waals surface area contributed by atoms with Gasteiger partial charge < -0.3 is 15.3 Å². The fraction of sp³-hybridized carbons (Fsp3) is 0.818. The second-order valence-corrected chi connectivity index (χ2v) is 3.41. The Balaban J connectivity index is 0. The molecule has 3 N–H and O–H groups in total. The van der Waals surface area contributed by atoms with Gasteiger partial charge in [0.15, 0.2) is 0 Å². The van der Waals surface area contributed by atoms with E-state index in [1.54, 1.807) is 0 Å². The third-order valence-corrected chi connectivity index (χ3v) is 2.03. The van der Waals surface area contributed by atoms with Crippen LogP contribution in [-0.2, 0) is 9.59 Å². The van der Waals surface area contributed by atoms with E-state index in [0.29, 0.717) is 0 Å². The minimum absolute atomic E-state index is 0.245. The van der Waals surface area contributed by atoms with Gasteiger partial charge in [0, 0.05) is 20.0 Å².